The van der Waals surface area contributed by atoms with Gasteiger partial charge < -0.3 is 30.2 Å². The molecule has 0 aliphatic carbocycles. The van der Waals surface area contributed by atoms with Crippen molar-refractivity contribution in [3.8, 4) is 0 Å². The van der Waals surface area contributed by atoms with Crippen molar-refractivity contribution in [2.24, 2.45) is 0 Å². The van der Waals surface area contributed by atoms with Crippen molar-refractivity contribution < 1.29 is 32.8 Å². The predicted octanol–water partition coefficient (Wildman–Crippen LogP) is 8.55. The molecule has 12 nitrogen and oxygen atoms in total. The Bertz CT molecular complexity index is 2560. The van der Waals surface area contributed by atoms with Gasteiger partial charge in [-0.1, -0.05) is 90.0 Å². The summed E-state index contributed by atoms with van der Waals surface area (Å²) < 4.78 is 26.7. The van der Waals surface area contributed by atoms with E-state index in [1.54, 1.807) is 36.4 Å². The number of hydrogen-bond donors (Lipinski definition) is 2. The van der Waals surface area contributed by atoms with Crippen LogP contribution >= 0.6 is 11.6 Å². The number of amides is 4. The molecule has 4 fully saturated rings. The van der Waals surface area contributed by atoms with Gasteiger partial charge in [-0.25, -0.2) is 8.78 Å². The van der Waals surface area contributed by atoms with E-state index in [1.165, 1.54) is 29.2 Å². The van der Waals surface area contributed by atoms with Crippen LogP contribution in [0.1, 0.15) is 87.6 Å². The fourth-order valence-electron chi connectivity index (χ4n) is 10.1. The van der Waals surface area contributed by atoms with E-state index < -0.39 is 17.0 Å². The van der Waals surface area contributed by atoms with Gasteiger partial charge in [0.1, 0.15) is 11.1 Å². The van der Waals surface area contributed by atoms with Gasteiger partial charge in [0.15, 0.2) is 5.78 Å². The number of anilines is 2. The van der Waals surface area contributed by atoms with Crippen LogP contribution in [-0.4, -0.2) is 114 Å². The van der Waals surface area contributed by atoms with Crippen LogP contribution in [0.3, 0.4) is 0 Å². The maximum Gasteiger partial charge on any atom is 0.270 e. The van der Waals surface area contributed by atoms with Gasteiger partial charge >= 0.3 is 0 Å². The summed E-state index contributed by atoms with van der Waals surface area (Å²) in [6.07, 6.45) is 3.91. The second-order valence-electron chi connectivity index (χ2n) is 18.7. The molecule has 0 bridgehead atoms. The number of benzene rings is 5. The van der Waals surface area contributed by atoms with Crippen molar-refractivity contribution >= 4 is 52.4 Å². The Balaban J connectivity index is 0.000000191. The molecular weight excluding hydrogens is 912 g/mol. The molecule has 4 amide bonds. The number of hydrogen-bond acceptors (Lipinski definition) is 9. The van der Waals surface area contributed by atoms with Crippen molar-refractivity contribution in [2.75, 3.05) is 69.0 Å². The molecule has 15 heteroatoms. The minimum Gasteiger partial charge on any atom is -0.339 e. The first-order chi connectivity index (χ1) is 33.7. The van der Waals surface area contributed by atoms with Crippen LogP contribution < -0.4 is 20.4 Å². The average molecular weight is 973 g/mol. The van der Waals surface area contributed by atoms with Crippen molar-refractivity contribution in [3.05, 3.63) is 166 Å². The molecule has 2 spiro atoms. The maximum absolute atomic E-state index is 13.5. The Labute approximate surface area is 413 Å². The van der Waals surface area contributed by atoms with Gasteiger partial charge in [0.2, 0.25) is 11.8 Å². The van der Waals surface area contributed by atoms with Crippen LogP contribution in [0.4, 0.5) is 20.2 Å². The van der Waals surface area contributed by atoms with Crippen LogP contribution in [0.2, 0.25) is 5.02 Å². The number of nitrogens with zero attached hydrogens (tertiary/aromatic N) is 5. The molecular formula is C55H60ClF2N7O5. The number of ketones is 1. The molecule has 0 saturated carbocycles. The minimum atomic E-state index is -2.90. The number of halogens is 3. The molecule has 4 aliphatic rings. The molecule has 5 aromatic carbocycles. The molecule has 0 aromatic heterocycles. The normalized spacial score (nSPS) is 17.7. The Kier molecular flexibility index (Phi) is 15.4. The van der Waals surface area contributed by atoms with Gasteiger partial charge in [0.05, 0.1) is 13.3 Å². The largest absolute Gasteiger partial charge is 0.339 e. The summed E-state index contributed by atoms with van der Waals surface area (Å²) in [6, 6.07) is 39.5. The van der Waals surface area contributed by atoms with Crippen molar-refractivity contribution in [1.82, 2.24) is 25.3 Å². The number of carbonyl (C=O) groups is 5. The second kappa shape index (κ2) is 21.7. The lowest BCUT2D eigenvalue weighted by atomic mass is 9.85. The molecule has 0 radical (unpaired) electrons. The van der Waals surface area contributed by atoms with E-state index >= 15 is 0 Å². The lowest BCUT2D eigenvalue weighted by Crippen LogP contribution is -2.57. The average Bonchev–Trinajstić information content (AvgIpc) is 3.86. The number of likely N-dealkylation sites (tertiary alicyclic amines) is 2. The fraction of sp³-hybridized carbons (Fsp3) is 0.364. The smallest absolute Gasteiger partial charge is 0.270 e. The Hall–Kier alpha value is -6.48. The van der Waals surface area contributed by atoms with E-state index in [1.807, 2.05) is 79.7 Å². The van der Waals surface area contributed by atoms with E-state index in [2.05, 4.69) is 30.2 Å². The first-order valence-electron chi connectivity index (χ1n) is 24.0. The highest BCUT2D eigenvalue weighted by atomic mass is 35.5. The highest BCUT2D eigenvalue weighted by Gasteiger charge is 2.51. The maximum atomic E-state index is 13.5. The van der Waals surface area contributed by atoms with Crippen molar-refractivity contribution in [1.29, 1.82) is 0 Å². The number of para-hydroxylation sites is 2. The van der Waals surface area contributed by atoms with Gasteiger partial charge in [0.25, 0.3) is 17.7 Å². The zero-order valence-electron chi connectivity index (χ0n) is 39.7. The molecule has 4 aliphatic heterocycles. The van der Waals surface area contributed by atoms with E-state index in [-0.39, 0.29) is 41.5 Å². The standard InChI is InChI=1S/C30H31ClN4O3.C25H29F2N3O2/c1-22-7-9-23(10-8-22)27(36)34(28(37)24-11-13-25(31)14-12-24)20-19-33-17-15-30(16-18-33)29(38)32-21-35(30)26-5-3-2-4-6-26;1-24(26,27)20-11-9-19(10-12-20)22(31)8-5-15-29-16-13-25(14-17-29)23(32)28-18-30(25)21-6-3-2-4-7-21/h2-14H,15-21H2,1H3,(H,32,38);2-4,6-7,9-12H,5,8,13-18H2,1H3,(H,28,32). The van der Waals surface area contributed by atoms with Gasteiger partial charge in [-0.2, -0.15) is 0 Å². The highest BCUT2D eigenvalue weighted by molar-refractivity contribution is 6.30. The van der Waals surface area contributed by atoms with Gasteiger partial charge in [-0.3, -0.25) is 28.9 Å². The summed E-state index contributed by atoms with van der Waals surface area (Å²) in [4.78, 5) is 75.2. The number of carbonyl (C=O) groups excluding carboxylic acids is 5. The fourth-order valence-corrected chi connectivity index (χ4v) is 10.2. The van der Waals surface area contributed by atoms with Gasteiger partial charge in [-0.15, -0.1) is 0 Å². The number of nitrogens with one attached hydrogen (secondary N) is 2. The molecule has 9 rings (SSSR count). The number of aryl methyl sites for hydroxylation is 1. The van der Waals surface area contributed by atoms with Crippen LogP contribution in [0.25, 0.3) is 0 Å². The second-order valence-corrected chi connectivity index (χ2v) is 19.2. The molecule has 4 saturated heterocycles. The quantitative estimate of drug-likeness (QED) is 0.0883. The zero-order chi connectivity index (χ0) is 49.5. The molecule has 4 heterocycles. The third-order valence-electron chi connectivity index (χ3n) is 14.3. The molecule has 0 atom stereocenters. The summed E-state index contributed by atoms with van der Waals surface area (Å²) in [5.41, 5.74) is 3.31. The van der Waals surface area contributed by atoms with Crippen LogP contribution in [-0.2, 0) is 15.5 Å². The Morgan fingerprint density at radius 1 is 0.614 bits per heavy atom. The SMILES string of the molecule is CC(F)(F)c1ccc(C(=O)CCCN2CCC3(CC2)C(=O)NCN3c2ccccc2)cc1.Cc1ccc(C(=O)N(CCN2CCC3(CC2)C(=O)NCN3c2ccccc2)C(=O)c2ccc(Cl)cc2)cc1. The van der Waals surface area contributed by atoms with Gasteiger partial charge in [-0.05, 0) is 106 Å². The Morgan fingerprint density at radius 3 is 1.50 bits per heavy atom. The Morgan fingerprint density at radius 2 is 1.04 bits per heavy atom. The first kappa shape index (κ1) is 49.9. The topological polar surface area (TPSA) is 126 Å². The lowest BCUT2D eigenvalue weighted by molar-refractivity contribution is -0.125. The molecule has 5 aromatic rings. The number of rotatable bonds is 13. The predicted molar refractivity (Wildman–Crippen MR) is 268 cm³/mol. The third kappa shape index (κ3) is 11.1. The highest BCUT2D eigenvalue weighted by Crippen LogP contribution is 2.38. The van der Waals surface area contributed by atoms with E-state index in [4.69, 9.17) is 11.6 Å². The number of piperidine rings is 2. The summed E-state index contributed by atoms with van der Waals surface area (Å²) in [6.45, 7) is 8.36. The summed E-state index contributed by atoms with van der Waals surface area (Å²) in [7, 11) is 0. The van der Waals surface area contributed by atoms with E-state index in [0.717, 1.165) is 56.3 Å². The van der Waals surface area contributed by atoms with Gasteiger partial charge in [0, 0.05) is 91.3 Å². The third-order valence-corrected chi connectivity index (χ3v) is 14.5. The van der Waals surface area contributed by atoms with Crippen LogP contribution in [0.15, 0.2) is 133 Å². The summed E-state index contributed by atoms with van der Waals surface area (Å²) in [5, 5.41) is 6.57. The van der Waals surface area contributed by atoms with Crippen LogP contribution in [0.5, 0.6) is 0 Å². The number of Topliss-reactive ketones (excluding diaryl/α,β-unsaturated/α-hetero) is 1. The molecule has 366 valence electrons. The lowest BCUT2D eigenvalue weighted by Gasteiger charge is -2.43. The minimum absolute atomic E-state index is 0.0325. The summed E-state index contributed by atoms with van der Waals surface area (Å²) >= 11 is 6.01. The van der Waals surface area contributed by atoms with E-state index in [9.17, 15) is 32.8 Å². The first-order valence-corrected chi connectivity index (χ1v) is 24.4. The van der Waals surface area contributed by atoms with E-state index in [0.29, 0.717) is 80.4 Å². The molecule has 70 heavy (non-hydrogen) atoms. The van der Waals surface area contributed by atoms with Crippen molar-refractivity contribution in [2.45, 2.75) is 69.4 Å². The number of alkyl halides is 2. The molecule has 2 N–H and O–H groups in total. The van der Waals surface area contributed by atoms with Crippen LogP contribution in [0, 0.1) is 6.92 Å². The summed E-state index contributed by atoms with van der Waals surface area (Å²) in [5.74, 6) is -3.46. The molecule has 0 unspecified atom stereocenters. The van der Waals surface area contributed by atoms with Crippen molar-refractivity contribution in [3.63, 3.8) is 0 Å². The zero-order valence-corrected chi connectivity index (χ0v) is 40.5. The number of imide groups is 1. The monoisotopic (exact) mass is 971 g/mol.